The number of rotatable bonds is 3. The Morgan fingerprint density at radius 1 is 1.35 bits per heavy atom. The molecule has 20 heavy (non-hydrogen) atoms. The van der Waals surface area contributed by atoms with E-state index in [1.165, 1.54) is 6.07 Å². The number of anilines is 1. The number of aromatic nitrogens is 2. The van der Waals surface area contributed by atoms with Gasteiger partial charge in [-0.15, -0.1) is 0 Å². The molecule has 1 aliphatic heterocycles. The first kappa shape index (κ1) is 15.3. The van der Waals surface area contributed by atoms with E-state index in [4.69, 9.17) is 16.3 Å². The van der Waals surface area contributed by atoms with E-state index in [2.05, 4.69) is 9.97 Å². The average Bonchev–Trinajstić information content (AvgIpc) is 2.38. The van der Waals surface area contributed by atoms with Gasteiger partial charge in [0.2, 0.25) is 5.82 Å². The van der Waals surface area contributed by atoms with Crippen molar-refractivity contribution in [3.05, 3.63) is 17.0 Å². The highest BCUT2D eigenvalue weighted by Crippen LogP contribution is 2.30. The highest BCUT2D eigenvalue weighted by Gasteiger charge is 2.36. The van der Waals surface area contributed by atoms with Gasteiger partial charge in [-0.2, -0.15) is 13.2 Å². The average molecular weight is 310 g/mol. The van der Waals surface area contributed by atoms with Gasteiger partial charge in [-0.3, -0.25) is 0 Å². The minimum atomic E-state index is -4.59. The Kier molecular flexibility index (Phi) is 4.70. The number of halogens is 4. The maximum Gasteiger partial charge on any atom is 0.451 e. The van der Waals surface area contributed by atoms with Gasteiger partial charge in [-0.25, -0.2) is 9.97 Å². The normalized spacial score (nSPS) is 17.6. The maximum atomic E-state index is 12.7. The van der Waals surface area contributed by atoms with Crippen LogP contribution in [0.2, 0.25) is 5.15 Å². The van der Waals surface area contributed by atoms with Crippen LogP contribution in [0.1, 0.15) is 25.6 Å². The summed E-state index contributed by atoms with van der Waals surface area (Å²) < 4.78 is 43.5. The molecule has 0 spiro atoms. The van der Waals surface area contributed by atoms with Crippen molar-refractivity contribution < 1.29 is 17.9 Å². The smallest absolute Gasteiger partial charge is 0.378 e. The molecule has 1 aromatic rings. The van der Waals surface area contributed by atoms with Crippen LogP contribution in [0.15, 0.2) is 6.07 Å². The van der Waals surface area contributed by atoms with Crippen LogP contribution < -0.4 is 4.90 Å². The summed E-state index contributed by atoms with van der Waals surface area (Å²) in [6.07, 6.45) is -2.91. The van der Waals surface area contributed by atoms with Gasteiger partial charge in [0, 0.05) is 25.8 Å². The lowest BCUT2D eigenvalue weighted by molar-refractivity contribution is -0.144. The Bertz CT molecular complexity index is 462. The minimum Gasteiger partial charge on any atom is -0.378 e. The van der Waals surface area contributed by atoms with E-state index in [0.29, 0.717) is 19.7 Å². The van der Waals surface area contributed by atoms with Crippen molar-refractivity contribution in [2.45, 2.75) is 32.0 Å². The molecular formula is C12H15ClF3N3O. The van der Waals surface area contributed by atoms with Crippen molar-refractivity contribution in [1.29, 1.82) is 0 Å². The van der Waals surface area contributed by atoms with Gasteiger partial charge in [-0.1, -0.05) is 11.6 Å². The minimum absolute atomic E-state index is 0.163. The standard InChI is InChI=1S/C12H15ClF3N3O/c1-2-20-8-3-5-19(6-4-8)10-7-9(13)17-11(18-10)12(14,15)16/h7-8H,2-6H2,1H3. The summed E-state index contributed by atoms with van der Waals surface area (Å²) in [6, 6.07) is 1.36. The van der Waals surface area contributed by atoms with Crippen LogP contribution in [0, 0.1) is 0 Å². The van der Waals surface area contributed by atoms with E-state index in [0.717, 1.165) is 12.8 Å². The number of ether oxygens (including phenoxy) is 1. The van der Waals surface area contributed by atoms with Gasteiger partial charge in [0.05, 0.1) is 6.10 Å². The summed E-state index contributed by atoms with van der Waals surface area (Å²) >= 11 is 5.65. The van der Waals surface area contributed by atoms with Crippen LogP contribution >= 0.6 is 11.6 Å². The molecular weight excluding hydrogens is 295 g/mol. The zero-order valence-electron chi connectivity index (χ0n) is 11.0. The van der Waals surface area contributed by atoms with Gasteiger partial charge < -0.3 is 9.64 Å². The van der Waals surface area contributed by atoms with Gasteiger partial charge in [-0.05, 0) is 19.8 Å². The van der Waals surface area contributed by atoms with Crippen molar-refractivity contribution >= 4 is 17.4 Å². The summed E-state index contributed by atoms with van der Waals surface area (Å²) in [7, 11) is 0. The van der Waals surface area contributed by atoms with Crippen LogP contribution in [0.25, 0.3) is 0 Å². The van der Waals surface area contributed by atoms with E-state index in [9.17, 15) is 13.2 Å². The van der Waals surface area contributed by atoms with Crippen LogP contribution in [0.3, 0.4) is 0 Å². The molecule has 1 aromatic heterocycles. The lowest BCUT2D eigenvalue weighted by atomic mass is 10.1. The molecule has 112 valence electrons. The summed E-state index contributed by atoms with van der Waals surface area (Å²) in [5, 5.41) is -0.200. The first-order chi connectivity index (χ1) is 9.40. The molecule has 0 radical (unpaired) electrons. The van der Waals surface area contributed by atoms with Crippen LogP contribution in [0.5, 0.6) is 0 Å². The molecule has 0 atom stereocenters. The zero-order valence-corrected chi connectivity index (χ0v) is 11.7. The SMILES string of the molecule is CCOC1CCN(c2cc(Cl)nc(C(F)(F)F)n2)CC1. The molecule has 0 saturated carbocycles. The van der Waals surface area contributed by atoms with Crippen molar-refractivity contribution in [1.82, 2.24) is 9.97 Å². The Hall–Kier alpha value is -1.08. The van der Waals surface area contributed by atoms with E-state index in [1.54, 1.807) is 4.90 Å². The quantitative estimate of drug-likeness (QED) is 0.804. The van der Waals surface area contributed by atoms with Crippen LogP contribution in [-0.4, -0.2) is 35.8 Å². The highest BCUT2D eigenvalue weighted by molar-refractivity contribution is 6.29. The van der Waals surface area contributed by atoms with Gasteiger partial charge in [0.25, 0.3) is 0 Å². The molecule has 8 heteroatoms. The Morgan fingerprint density at radius 3 is 2.55 bits per heavy atom. The van der Waals surface area contributed by atoms with E-state index >= 15 is 0 Å². The van der Waals surface area contributed by atoms with Crippen LogP contribution in [-0.2, 0) is 10.9 Å². The number of hydrogen-bond donors (Lipinski definition) is 0. The Morgan fingerprint density at radius 2 is 2.00 bits per heavy atom. The van der Waals surface area contributed by atoms with Crippen molar-refractivity contribution in [3.8, 4) is 0 Å². The van der Waals surface area contributed by atoms with Gasteiger partial charge >= 0.3 is 6.18 Å². The molecule has 0 N–H and O–H groups in total. The molecule has 2 heterocycles. The predicted octanol–water partition coefficient (Wildman–Crippen LogP) is 3.15. The fraction of sp³-hybridized carbons (Fsp3) is 0.667. The van der Waals surface area contributed by atoms with Gasteiger partial charge in [0.1, 0.15) is 11.0 Å². The van der Waals surface area contributed by atoms with Crippen LogP contribution in [0.4, 0.5) is 19.0 Å². The third-order valence-corrected chi connectivity index (χ3v) is 3.30. The number of nitrogens with zero attached hydrogens (tertiary/aromatic N) is 3. The Balaban J connectivity index is 2.12. The molecule has 0 aromatic carbocycles. The van der Waals surface area contributed by atoms with E-state index < -0.39 is 12.0 Å². The summed E-state index contributed by atoms with van der Waals surface area (Å²) in [5.74, 6) is -0.987. The number of hydrogen-bond acceptors (Lipinski definition) is 4. The Labute approximate surface area is 119 Å². The lowest BCUT2D eigenvalue weighted by Gasteiger charge is -2.32. The molecule has 0 aliphatic carbocycles. The summed E-state index contributed by atoms with van der Waals surface area (Å²) in [6.45, 7) is 3.75. The number of alkyl halides is 3. The monoisotopic (exact) mass is 309 g/mol. The second-order valence-electron chi connectivity index (χ2n) is 4.51. The summed E-state index contributed by atoms with van der Waals surface area (Å²) in [5.41, 5.74) is 0. The fourth-order valence-electron chi connectivity index (χ4n) is 2.18. The second kappa shape index (κ2) is 6.13. The first-order valence-corrected chi connectivity index (χ1v) is 6.76. The lowest BCUT2D eigenvalue weighted by Crippen LogP contribution is -2.37. The maximum absolute atomic E-state index is 12.7. The van der Waals surface area contributed by atoms with Gasteiger partial charge in [0.15, 0.2) is 0 Å². The molecule has 0 bridgehead atoms. The highest BCUT2D eigenvalue weighted by atomic mass is 35.5. The first-order valence-electron chi connectivity index (χ1n) is 6.38. The predicted molar refractivity (Wildman–Crippen MR) is 68.9 cm³/mol. The largest absolute Gasteiger partial charge is 0.451 e. The summed E-state index contributed by atoms with van der Waals surface area (Å²) in [4.78, 5) is 8.56. The van der Waals surface area contributed by atoms with E-state index in [1.807, 2.05) is 6.92 Å². The molecule has 1 fully saturated rings. The van der Waals surface area contributed by atoms with E-state index in [-0.39, 0.29) is 17.1 Å². The second-order valence-corrected chi connectivity index (χ2v) is 4.90. The molecule has 2 rings (SSSR count). The molecule has 1 saturated heterocycles. The van der Waals surface area contributed by atoms with Crippen molar-refractivity contribution in [2.24, 2.45) is 0 Å². The topological polar surface area (TPSA) is 38.2 Å². The molecule has 0 amide bonds. The molecule has 1 aliphatic rings. The number of piperidine rings is 1. The van der Waals surface area contributed by atoms with Crippen molar-refractivity contribution in [3.63, 3.8) is 0 Å². The molecule has 4 nitrogen and oxygen atoms in total. The van der Waals surface area contributed by atoms with Crippen molar-refractivity contribution in [2.75, 3.05) is 24.6 Å². The zero-order chi connectivity index (χ0) is 14.8. The third kappa shape index (κ3) is 3.73. The fourth-order valence-corrected chi connectivity index (χ4v) is 2.36. The molecule has 0 unspecified atom stereocenters. The third-order valence-electron chi connectivity index (χ3n) is 3.10.